The van der Waals surface area contributed by atoms with Crippen LogP contribution in [-0.2, 0) is 16.8 Å². The van der Waals surface area contributed by atoms with E-state index < -0.39 is 0 Å². The standard InChI is InChI=1S/C5H5.Co/c1-2-4-5-3-1;/h1-3H,4H2;/q-1;+2. The average Bonchev–Trinajstić information content (AvgIpc) is 1.76. The van der Waals surface area contributed by atoms with E-state index in [0.29, 0.717) is 0 Å². The van der Waals surface area contributed by atoms with Gasteiger partial charge in [-0.15, -0.1) is 6.42 Å². The van der Waals surface area contributed by atoms with Crippen LogP contribution in [-0.4, -0.2) is 0 Å². The van der Waals surface area contributed by atoms with Crippen LogP contribution in [0.25, 0.3) is 0 Å². The van der Waals surface area contributed by atoms with Crippen LogP contribution in [0.2, 0.25) is 0 Å². The molecular weight excluding hydrogens is 119 g/mol. The van der Waals surface area contributed by atoms with Gasteiger partial charge in [0.05, 0.1) is 0 Å². The maximum absolute atomic E-state index is 2.99. The molecule has 0 saturated heterocycles. The molecule has 1 heteroatoms. The van der Waals surface area contributed by atoms with Crippen molar-refractivity contribution in [3.8, 4) is 0 Å². The molecule has 0 saturated carbocycles. The van der Waals surface area contributed by atoms with Crippen LogP contribution >= 0.6 is 0 Å². The molecule has 1 aliphatic carbocycles. The molecule has 33 valence electrons. The zero-order valence-corrected chi connectivity index (χ0v) is 4.31. The second-order valence-electron chi connectivity index (χ2n) is 1.00. The number of rotatable bonds is 0. The third kappa shape index (κ3) is 1.43. The van der Waals surface area contributed by atoms with E-state index >= 15 is 0 Å². The van der Waals surface area contributed by atoms with E-state index in [0.717, 1.165) is 6.42 Å². The summed E-state index contributed by atoms with van der Waals surface area (Å²) in [7, 11) is 0. The molecule has 0 aliphatic heterocycles. The van der Waals surface area contributed by atoms with Gasteiger partial charge in [-0.25, -0.2) is 12.2 Å². The summed E-state index contributed by atoms with van der Waals surface area (Å²) in [6.07, 6.45) is 10.0. The topological polar surface area (TPSA) is 0 Å². The molecule has 1 rings (SSSR count). The summed E-state index contributed by atoms with van der Waals surface area (Å²) in [4.78, 5) is 0. The molecule has 0 heterocycles. The van der Waals surface area contributed by atoms with Crippen molar-refractivity contribution in [2.45, 2.75) is 6.42 Å². The average molecular weight is 124 g/mol. The molecule has 6 heavy (non-hydrogen) atoms. The van der Waals surface area contributed by atoms with Crippen LogP contribution in [0.15, 0.2) is 18.2 Å². The van der Waals surface area contributed by atoms with Crippen molar-refractivity contribution in [2.75, 3.05) is 0 Å². The first kappa shape index (κ1) is 5.99. The van der Waals surface area contributed by atoms with Gasteiger partial charge < -0.3 is 0 Å². The Bertz CT molecular complexity index is 62.0. The number of hydrogen-bond donors (Lipinski definition) is 0. The van der Waals surface area contributed by atoms with Gasteiger partial charge in [-0.05, 0) is 0 Å². The molecular formula is C5H5Co+. The summed E-state index contributed by atoms with van der Waals surface area (Å²) >= 11 is 0. The Balaban J connectivity index is 0.000000250. The minimum absolute atomic E-state index is 0. The largest absolute Gasteiger partial charge is 2.00 e. The van der Waals surface area contributed by atoms with Gasteiger partial charge in [0.1, 0.15) is 0 Å². The SMILES string of the molecule is [C-]1=CC=CC1.[Co+2]. The molecule has 0 spiro atoms. The van der Waals surface area contributed by atoms with Crippen LogP contribution in [0.5, 0.6) is 0 Å². The molecule has 0 amide bonds. The molecule has 1 aliphatic rings. The maximum atomic E-state index is 2.99. The van der Waals surface area contributed by atoms with E-state index in [-0.39, 0.29) is 16.8 Å². The number of hydrogen-bond acceptors (Lipinski definition) is 0. The Morgan fingerprint density at radius 1 is 1.50 bits per heavy atom. The Labute approximate surface area is 48.1 Å². The maximum Gasteiger partial charge on any atom is 2.00 e. The van der Waals surface area contributed by atoms with Crippen LogP contribution in [0.4, 0.5) is 0 Å². The monoisotopic (exact) mass is 124 g/mol. The third-order valence-corrected chi connectivity index (χ3v) is 0.586. The van der Waals surface area contributed by atoms with Gasteiger partial charge in [-0.2, -0.15) is 6.08 Å². The molecule has 0 aromatic rings. The fourth-order valence-corrected chi connectivity index (χ4v) is 0.340. The summed E-state index contributed by atoms with van der Waals surface area (Å²) in [6, 6.07) is 0. The van der Waals surface area contributed by atoms with E-state index in [1.54, 1.807) is 0 Å². The Kier molecular flexibility index (Phi) is 3.18. The van der Waals surface area contributed by atoms with Crippen LogP contribution in [0, 0.1) is 6.08 Å². The van der Waals surface area contributed by atoms with Gasteiger partial charge in [0, 0.05) is 0 Å². The van der Waals surface area contributed by atoms with Gasteiger partial charge in [-0.1, -0.05) is 0 Å². The summed E-state index contributed by atoms with van der Waals surface area (Å²) < 4.78 is 0. The first-order valence-corrected chi connectivity index (χ1v) is 1.72. The zero-order chi connectivity index (χ0) is 3.54. The molecule has 0 atom stereocenters. The Hall–Kier alpha value is -0.0135. The fourth-order valence-electron chi connectivity index (χ4n) is 0.340. The molecule has 0 aromatic carbocycles. The van der Waals surface area contributed by atoms with Gasteiger partial charge in [0.2, 0.25) is 0 Å². The Morgan fingerprint density at radius 2 is 2.33 bits per heavy atom. The van der Waals surface area contributed by atoms with Crippen molar-refractivity contribution in [1.29, 1.82) is 0 Å². The first-order chi connectivity index (χ1) is 2.50. The van der Waals surface area contributed by atoms with E-state index in [2.05, 4.69) is 12.2 Å². The van der Waals surface area contributed by atoms with Crippen molar-refractivity contribution < 1.29 is 16.8 Å². The van der Waals surface area contributed by atoms with Crippen molar-refractivity contribution in [3.63, 3.8) is 0 Å². The molecule has 0 fully saturated rings. The molecule has 0 unspecified atom stereocenters. The second kappa shape index (κ2) is 3.19. The summed E-state index contributed by atoms with van der Waals surface area (Å²) in [6.45, 7) is 0. The van der Waals surface area contributed by atoms with Crippen molar-refractivity contribution in [3.05, 3.63) is 24.3 Å². The predicted molar refractivity (Wildman–Crippen MR) is 21.6 cm³/mol. The van der Waals surface area contributed by atoms with Gasteiger partial charge >= 0.3 is 16.8 Å². The fraction of sp³-hybridized carbons (Fsp3) is 0.200. The van der Waals surface area contributed by atoms with Gasteiger partial charge in [0.25, 0.3) is 0 Å². The van der Waals surface area contributed by atoms with Crippen molar-refractivity contribution >= 4 is 0 Å². The van der Waals surface area contributed by atoms with E-state index in [4.69, 9.17) is 0 Å². The summed E-state index contributed by atoms with van der Waals surface area (Å²) in [5.74, 6) is 0. The van der Waals surface area contributed by atoms with E-state index in [1.165, 1.54) is 0 Å². The third-order valence-electron chi connectivity index (χ3n) is 0.586. The predicted octanol–water partition coefficient (Wildman–Crippen LogP) is 1.30. The van der Waals surface area contributed by atoms with Gasteiger partial charge in [0.15, 0.2) is 0 Å². The van der Waals surface area contributed by atoms with Gasteiger partial charge in [-0.3, -0.25) is 6.08 Å². The van der Waals surface area contributed by atoms with Crippen LogP contribution in [0.3, 0.4) is 0 Å². The molecule has 0 N–H and O–H groups in total. The number of allylic oxidation sites excluding steroid dienone is 4. The molecule has 0 bridgehead atoms. The van der Waals surface area contributed by atoms with Crippen molar-refractivity contribution in [2.24, 2.45) is 0 Å². The zero-order valence-electron chi connectivity index (χ0n) is 3.27. The minimum Gasteiger partial charge on any atom is -0.273 e. The summed E-state index contributed by atoms with van der Waals surface area (Å²) in [5, 5.41) is 0. The minimum atomic E-state index is 0. The quantitative estimate of drug-likeness (QED) is 0.427. The van der Waals surface area contributed by atoms with E-state index in [9.17, 15) is 0 Å². The first-order valence-electron chi connectivity index (χ1n) is 1.72. The van der Waals surface area contributed by atoms with Crippen LogP contribution < -0.4 is 0 Å². The molecule has 0 aromatic heterocycles. The van der Waals surface area contributed by atoms with Crippen molar-refractivity contribution in [1.82, 2.24) is 0 Å². The van der Waals surface area contributed by atoms with E-state index in [1.807, 2.05) is 12.2 Å². The summed E-state index contributed by atoms with van der Waals surface area (Å²) in [5.41, 5.74) is 0. The normalized spacial score (nSPS) is 14.7. The van der Waals surface area contributed by atoms with Crippen LogP contribution in [0.1, 0.15) is 6.42 Å². The second-order valence-corrected chi connectivity index (χ2v) is 1.00. The molecule has 0 nitrogen and oxygen atoms in total. The molecule has 1 radical (unpaired) electrons. The Morgan fingerprint density at radius 3 is 2.50 bits per heavy atom. The smallest absolute Gasteiger partial charge is 0.273 e.